The zero-order valence-electron chi connectivity index (χ0n) is 16.2. The van der Waals surface area contributed by atoms with E-state index in [1.807, 2.05) is 24.6 Å². The predicted molar refractivity (Wildman–Crippen MR) is 107 cm³/mol. The van der Waals surface area contributed by atoms with Gasteiger partial charge in [0.15, 0.2) is 6.29 Å². The van der Waals surface area contributed by atoms with Gasteiger partial charge in [-0.3, -0.25) is 9.59 Å². The molecule has 0 radical (unpaired) electrons. The minimum Gasteiger partial charge on any atom is -0.373 e. The standard InChI is InChI=1S/C21H29N3O2/c1-15(2)20-11-17(6-8-24(16(3)4)9-7-22-14-26)10-18-12-19(13-25)23(5)21(18)20/h10-15H,3,6-9H2,1-2,4-5H3,(H,22,26). The largest absolute Gasteiger partial charge is 0.373 e. The van der Waals surface area contributed by atoms with Crippen molar-refractivity contribution >= 4 is 23.6 Å². The average Bonchev–Trinajstić information content (AvgIpc) is 2.92. The first-order chi connectivity index (χ1) is 12.4. The first kappa shape index (κ1) is 19.8. The van der Waals surface area contributed by atoms with Crippen LogP contribution in [0.3, 0.4) is 0 Å². The summed E-state index contributed by atoms with van der Waals surface area (Å²) in [7, 11) is 1.94. The molecule has 0 aliphatic rings. The van der Waals surface area contributed by atoms with Crippen molar-refractivity contribution in [2.75, 3.05) is 19.6 Å². The van der Waals surface area contributed by atoms with Crippen molar-refractivity contribution in [3.8, 4) is 0 Å². The fraction of sp³-hybridized carbons (Fsp3) is 0.429. The number of fused-ring (bicyclic) bond motifs is 1. The summed E-state index contributed by atoms with van der Waals surface area (Å²) < 4.78 is 1.98. The minimum atomic E-state index is 0.375. The number of hydrogen-bond acceptors (Lipinski definition) is 3. The van der Waals surface area contributed by atoms with Crippen molar-refractivity contribution < 1.29 is 9.59 Å². The molecule has 1 heterocycles. The summed E-state index contributed by atoms with van der Waals surface area (Å²) in [5.41, 5.74) is 5.34. The van der Waals surface area contributed by atoms with Crippen LogP contribution in [-0.4, -0.2) is 41.8 Å². The molecule has 0 bridgehead atoms. The fourth-order valence-electron chi connectivity index (χ4n) is 3.34. The van der Waals surface area contributed by atoms with Crippen LogP contribution in [0.25, 0.3) is 10.9 Å². The fourth-order valence-corrected chi connectivity index (χ4v) is 3.34. The average molecular weight is 355 g/mol. The summed E-state index contributed by atoms with van der Waals surface area (Å²) in [4.78, 5) is 23.9. The SMILES string of the molecule is C=C(C)N(CCNC=O)CCc1cc(C(C)C)c2c(c1)cc(C=O)n2C. The maximum atomic E-state index is 11.3. The minimum absolute atomic E-state index is 0.375. The van der Waals surface area contributed by atoms with Gasteiger partial charge in [-0.1, -0.05) is 26.5 Å². The molecule has 26 heavy (non-hydrogen) atoms. The molecule has 0 atom stereocenters. The van der Waals surface area contributed by atoms with Gasteiger partial charge in [0.25, 0.3) is 0 Å². The number of nitrogens with one attached hydrogen (secondary N) is 1. The molecule has 140 valence electrons. The highest BCUT2D eigenvalue weighted by Gasteiger charge is 2.14. The number of benzene rings is 1. The molecule has 5 heteroatoms. The lowest BCUT2D eigenvalue weighted by atomic mass is 9.96. The van der Waals surface area contributed by atoms with E-state index < -0.39 is 0 Å². The van der Waals surface area contributed by atoms with Crippen molar-refractivity contribution in [2.45, 2.75) is 33.1 Å². The van der Waals surface area contributed by atoms with E-state index in [0.29, 0.717) is 18.2 Å². The summed E-state index contributed by atoms with van der Waals surface area (Å²) in [5, 5.41) is 3.81. The third-order valence-electron chi connectivity index (χ3n) is 4.82. The van der Waals surface area contributed by atoms with Crippen LogP contribution in [0.2, 0.25) is 0 Å². The van der Waals surface area contributed by atoms with Crippen molar-refractivity contribution in [1.82, 2.24) is 14.8 Å². The molecular weight excluding hydrogens is 326 g/mol. The van der Waals surface area contributed by atoms with Gasteiger partial charge in [0.2, 0.25) is 6.41 Å². The normalized spacial score (nSPS) is 11.0. The Bertz CT molecular complexity index is 805. The Hall–Kier alpha value is -2.56. The highest BCUT2D eigenvalue weighted by Crippen LogP contribution is 2.29. The monoisotopic (exact) mass is 355 g/mol. The van der Waals surface area contributed by atoms with Crippen molar-refractivity contribution in [3.05, 3.63) is 47.3 Å². The van der Waals surface area contributed by atoms with Crippen molar-refractivity contribution in [2.24, 2.45) is 7.05 Å². The molecule has 0 aliphatic heterocycles. The van der Waals surface area contributed by atoms with E-state index in [9.17, 15) is 9.59 Å². The molecule has 0 spiro atoms. The van der Waals surface area contributed by atoms with Gasteiger partial charge >= 0.3 is 0 Å². The van der Waals surface area contributed by atoms with Gasteiger partial charge in [-0.25, -0.2) is 0 Å². The Morgan fingerprint density at radius 1 is 1.27 bits per heavy atom. The number of rotatable bonds is 10. The number of nitrogens with zero attached hydrogens (tertiary/aromatic N) is 2. The third kappa shape index (κ3) is 4.34. The number of allylic oxidation sites excluding steroid dienone is 1. The topological polar surface area (TPSA) is 54.3 Å². The summed E-state index contributed by atoms with van der Waals surface area (Å²) in [6, 6.07) is 6.39. The van der Waals surface area contributed by atoms with Gasteiger partial charge in [-0.15, -0.1) is 0 Å². The van der Waals surface area contributed by atoms with Crippen LogP contribution in [0.1, 0.15) is 48.3 Å². The number of carbonyl (C=O) groups is 2. The molecule has 1 aromatic heterocycles. The molecule has 0 saturated heterocycles. The number of amides is 1. The van der Waals surface area contributed by atoms with Crippen molar-refractivity contribution in [1.29, 1.82) is 0 Å². The maximum absolute atomic E-state index is 11.3. The van der Waals surface area contributed by atoms with E-state index in [1.165, 1.54) is 11.1 Å². The predicted octanol–water partition coefficient (Wildman–Crippen LogP) is 3.24. The molecule has 0 saturated carbocycles. The Balaban J connectivity index is 2.27. The van der Waals surface area contributed by atoms with Gasteiger partial charge in [0, 0.05) is 37.8 Å². The molecule has 0 aliphatic carbocycles. The smallest absolute Gasteiger partial charge is 0.207 e. The highest BCUT2D eigenvalue weighted by atomic mass is 16.1. The van der Waals surface area contributed by atoms with Gasteiger partial charge < -0.3 is 14.8 Å². The van der Waals surface area contributed by atoms with Crippen LogP contribution in [0.15, 0.2) is 30.5 Å². The second-order valence-electron chi connectivity index (χ2n) is 7.07. The zero-order chi connectivity index (χ0) is 19.3. The Morgan fingerprint density at radius 3 is 2.58 bits per heavy atom. The van der Waals surface area contributed by atoms with Gasteiger partial charge in [-0.05, 0) is 42.5 Å². The first-order valence-corrected chi connectivity index (χ1v) is 9.04. The van der Waals surface area contributed by atoms with E-state index in [0.717, 1.165) is 48.8 Å². The van der Waals surface area contributed by atoms with E-state index in [4.69, 9.17) is 0 Å². The van der Waals surface area contributed by atoms with Crippen LogP contribution >= 0.6 is 0 Å². The number of carbonyl (C=O) groups excluding carboxylic acids is 2. The van der Waals surface area contributed by atoms with Crippen molar-refractivity contribution in [3.63, 3.8) is 0 Å². The van der Waals surface area contributed by atoms with Gasteiger partial charge in [0.05, 0.1) is 11.2 Å². The molecule has 2 aromatic rings. The summed E-state index contributed by atoms with van der Waals surface area (Å²) in [5.74, 6) is 0.375. The van der Waals surface area contributed by atoms with E-state index in [1.54, 1.807) is 0 Å². The number of aldehydes is 1. The van der Waals surface area contributed by atoms with Crippen LogP contribution in [0, 0.1) is 0 Å². The second-order valence-corrected chi connectivity index (χ2v) is 7.07. The number of aromatic nitrogens is 1. The summed E-state index contributed by atoms with van der Waals surface area (Å²) in [6.07, 6.45) is 2.51. The van der Waals surface area contributed by atoms with Crippen LogP contribution in [0.5, 0.6) is 0 Å². The Kier molecular flexibility index (Phi) is 6.61. The Morgan fingerprint density at radius 2 is 2.00 bits per heavy atom. The summed E-state index contributed by atoms with van der Waals surface area (Å²) in [6.45, 7) is 12.6. The number of hydrogen-bond donors (Lipinski definition) is 1. The molecule has 2 rings (SSSR count). The Labute approximate surface area is 155 Å². The lowest BCUT2D eigenvalue weighted by Gasteiger charge is -2.25. The zero-order valence-corrected chi connectivity index (χ0v) is 16.2. The number of aryl methyl sites for hydroxylation is 1. The highest BCUT2D eigenvalue weighted by molar-refractivity contribution is 5.91. The molecule has 0 fully saturated rings. The van der Waals surface area contributed by atoms with E-state index in [2.05, 4.69) is 42.8 Å². The quantitative estimate of drug-likeness (QED) is 0.526. The van der Waals surface area contributed by atoms with Gasteiger partial charge in [0.1, 0.15) is 0 Å². The van der Waals surface area contributed by atoms with Crippen LogP contribution in [0.4, 0.5) is 0 Å². The second kappa shape index (κ2) is 8.70. The van der Waals surface area contributed by atoms with E-state index in [-0.39, 0.29) is 0 Å². The lowest BCUT2D eigenvalue weighted by Crippen LogP contribution is -2.31. The molecule has 1 aromatic carbocycles. The lowest BCUT2D eigenvalue weighted by molar-refractivity contribution is -0.109. The third-order valence-corrected chi connectivity index (χ3v) is 4.82. The molecule has 1 N–H and O–H groups in total. The molecular formula is C21H29N3O2. The van der Waals surface area contributed by atoms with Crippen LogP contribution < -0.4 is 5.32 Å². The van der Waals surface area contributed by atoms with Gasteiger partial charge in [-0.2, -0.15) is 0 Å². The summed E-state index contributed by atoms with van der Waals surface area (Å²) >= 11 is 0. The van der Waals surface area contributed by atoms with E-state index >= 15 is 0 Å². The maximum Gasteiger partial charge on any atom is 0.207 e. The van der Waals surface area contributed by atoms with Crippen LogP contribution in [-0.2, 0) is 18.3 Å². The molecule has 5 nitrogen and oxygen atoms in total. The first-order valence-electron chi connectivity index (χ1n) is 9.04. The molecule has 1 amide bonds. The molecule has 0 unspecified atom stereocenters.